The van der Waals surface area contributed by atoms with E-state index in [1.807, 2.05) is 55.5 Å². The molecule has 0 aliphatic rings. The van der Waals surface area contributed by atoms with Gasteiger partial charge in [-0.2, -0.15) is 0 Å². The molecule has 3 N–H and O–H groups in total. The van der Waals surface area contributed by atoms with Crippen LogP contribution in [0.25, 0.3) is 0 Å². The topological polar surface area (TPSA) is 64.3 Å². The lowest BCUT2D eigenvalue weighted by Crippen LogP contribution is -2.30. The van der Waals surface area contributed by atoms with Crippen LogP contribution in [0.1, 0.15) is 36.9 Å². The average Bonchev–Trinajstić information content (AvgIpc) is 2.58. The Labute approximate surface area is 151 Å². The largest absolute Gasteiger partial charge is 0.496 e. The lowest BCUT2D eigenvalue weighted by Gasteiger charge is -2.21. The molecule has 0 radical (unpaired) electrons. The van der Waals surface area contributed by atoms with Crippen LogP contribution in [0.2, 0.25) is 0 Å². The fourth-order valence-corrected chi connectivity index (χ4v) is 3.02. The molecule has 1 amide bonds. The third kappa shape index (κ3) is 5.08. The summed E-state index contributed by atoms with van der Waals surface area (Å²) in [5.41, 5.74) is 7.77. The van der Waals surface area contributed by atoms with Gasteiger partial charge in [0.05, 0.1) is 17.6 Å². The molecule has 2 rings (SSSR count). The zero-order chi connectivity index (χ0) is 17.5. The third-order valence-corrected chi connectivity index (χ3v) is 4.39. The zero-order valence-corrected chi connectivity index (χ0v) is 15.5. The van der Waals surface area contributed by atoms with Crippen molar-refractivity contribution in [1.29, 1.82) is 0 Å². The number of halogens is 1. The summed E-state index contributed by atoms with van der Waals surface area (Å²) in [6, 6.07) is 15.5. The van der Waals surface area contributed by atoms with Crippen LogP contribution in [-0.2, 0) is 4.79 Å². The summed E-state index contributed by atoms with van der Waals surface area (Å²) in [4.78, 5) is 12.3. The number of carbonyl (C=O) groups excluding carboxylic acids is 1. The number of nitrogens with two attached hydrogens (primary N) is 1. The molecule has 0 bridgehead atoms. The maximum absolute atomic E-state index is 12.3. The van der Waals surface area contributed by atoms with Crippen molar-refractivity contribution in [2.75, 3.05) is 7.11 Å². The number of methoxy groups -OCH3 is 1. The van der Waals surface area contributed by atoms with Gasteiger partial charge >= 0.3 is 0 Å². The van der Waals surface area contributed by atoms with E-state index in [4.69, 9.17) is 10.5 Å². The number of rotatable bonds is 7. The van der Waals surface area contributed by atoms with E-state index in [9.17, 15) is 4.79 Å². The Morgan fingerprint density at radius 2 is 1.92 bits per heavy atom. The molecule has 0 aliphatic carbocycles. The number of hydrogen-bond donors (Lipinski definition) is 2. The highest BCUT2D eigenvalue weighted by Gasteiger charge is 2.18. The van der Waals surface area contributed by atoms with E-state index in [1.165, 1.54) is 0 Å². The Morgan fingerprint density at radius 3 is 2.50 bits per heavy atom. The molecule has 128 valence electrons. The summed E-state index contributed by atoms with van der Waals surface area (Å²) in [5.74, 6) is 0.752. The van der Waals surface area contributed by atoms with Crippen LogP contribution >= 0.6 is 15.9 Å². The Balaban J connectivity index is 2.27. The third-order valence-electron chi connectivity index (χ3n) is 3.77. The summed E-state index contributed by atoms with van der Waals surface area (Å²) in [6.07, 6.45) is 1.08. The fraction of sp³-hybridized carbons (Fsp3) is 0.316. The lowest BCUT2D eigenvalue weighted by atomic mass is 9.98. The number of carbonyl (C=O) groups is 1. The van der Waals surface area contributed by atoms with Gasteiger partial charge in [-0.25, -0.2) is 0 Å². The fourth-order valence-electron chi connectivity index (χ4n) is 2.46. The molecule has 5 heteroatoms. The molecule has 2 unspecified atom stereocenters. The predicted octanol–water partition coefficient (Wildman–Crippen LogP) is 3.79. The summed E-state index contributed by atoms with van der Waals surface area (Å²) in [6.45, 7) is 1.91. The molecule has 0 aromatic heterocycles. The van der Waals surface area contributed by atoms with Gasteiger partial charge in [0, 0.05) is 12.5 Å². The molecule has 0 saturated heterocycles. The van der Waals surface area contributed by atoms with Gasteiger partial charge < -0.3 is 15.8 Å². The number of hydrogen-bond acceptors (Lipinski definition) is 3. The van der Waals surface area contributed by atoms with Crippen molar-refractivity contribution in [2.24, 2.45) is 5.73 Å². The molecule has 0 spiro atoms. The van der Waals surface area contributed by atoms with Gasteiger partial charge in [-0.1, -0.05) is 36.4 Å². The van der Waals surface area contributed by atoms with Crippen molar-refractivity contribution in [3.8, 4) is 5.75 Å². The van der Waals surface area contributed by atoms with Crippen LogP contribution in [0.4, 0.5) is 0 Å². The van der Waals surface area contributed by atoms with Crippen LogP contribution in [0, 0.1) is 0 Å². The van der Waals surface area contributed by atoms with E-state index in [-0.39, 0.29) is 18.0 Å². The highest BCUT2D eigenvalue weighted by molar-refractivity contribution is 9.10. The van der Waals surface area contributed by atoms with Crippen LogP contribution in [0.3, 0.4) is 0 Å². The van der Waals surface area contributed by atoms with Gasteiger partial charge in [0.15, 0.2) is 0 Å². The van der Waals surface area contributed by atoms with E-state index in [0.29, 0.717) is 12.8 Å². The Kier molecular flexibility index (Phi) is 6.82. The van der Waals surface area contributed by atoms with Crippen molar-refractivity contribution in [1.82, 2.24) is 5.32 Å². The van der Waals surface area contributed by atoms with Gasteiger partial charge in [-0.05, 0) is 52.5 Å². The van der Waals surface area contributed by atoms with Crippen molar-refractivity contribution in [3.63, 3.8) is 0 Å². The molecule has 2 aromatic carbocycles. The van der Waals surface area contributed by atoms with Crippen molar-refractivity contribution >= 4 is 21.8 Å². The van der Waals surface area contributed by atoms with Crippen LogP contribution in [-0.4, -0.2) is 19.1 Å². The summed E-state index contributed by atoms with van der Waals surface area (Å²) in [7, 11) is 1.63. The van der Waals surface area contributed by atoms with Crippen molar-refractivity contribution in [2.45, 2.75) is 31.8 Å². The second-order valence-electron chi connectivity index (χ2n) is 5.82. The predicted molar refractivity (Wildman–Crippen MR) is 100 cm³/mol. The Morgan fingerprint density at radius 1 is 1.21 bits per heavy atom. The van der Waals surface area contributed by atoms with Crippen molar-refractivity contribution in [3.05, 3.63) is 64.1 Å². The van der Waals surface area contributed by atoms with Crippen molar-refractivity contribution < 1.29 is 9.53 Å². The minimum Gasteiger partial charge on any atom is -0.496 e. The summed E-state index contributed by atoms with van der Waals surface area (Å²) < 4.78 is 6.14. The second kappa shape index (κ2) is 8.85. The van der Waals surface area contributed by atoms with E-state index < -0.39 is 0 Å². The molecule has 0 fully saturated rings. The van der Waals surface area contributed by atoms with E-state index in [1.54, 1.807) is 7.11 Å². The van der Waals surface area contributed by atoms with E-state index >= 15 is 0 Å². The maximum atomic E-state index is 12.3. The van der Waals surface area contributed by atoms with Gasteiger partial charge in [0.25, 0.3) is 0 Å². The number of ether oxygens (including phenoxy) is 1. The highest BCUT2D eigenvalue weighted by Crippen LogP contribution is 2.30. The SMILES string of the molecule is COc1ccc(C(NC(=O)CCC(C)N)c2ccccc2)cc1Br. The van der Waals surface area contributed by atoms with Gasteiger partial charge in [0.2, 0.25) is 5.91 Å². The second-order valence-corrected chi connectivity index (χ2v) is 6.68. The minimum absolute atomic E-state index is 0.00639. The highest BCUT2D eigenvalue weighted by atomic mass is 79.9. The smallest absolute Gasteiger partial charge is 0.220 e. The zero-order valence-electron chi connectivity index (χ0n) is 14.0. The van der Waals surface area contributed by atoms with Crippen LogP contribution in [0.15, 0.2) is 53.0 Å². The van der Waals surface area contributed by atoms with E-state index in [0.717, 1.165) is 21.3 Å². The Bertz CT molecular complexity index is 674. The molecule has 0 aliphatic heterocycles. The molecule has 0 heterocycles. The summed E-state index contributed by atoms with van der Waals surface area (Å²) >= 11 is 3.51. The normalized spacial score (nSPS) is 13.2. The molecule has 4 nitrogen and oxygen atoms in total. The molecule has 2 aromatic rings. The number of benzene rings is 2. The maximum Gasteiger partial charge on any atom is 0.220 e. The van der Waals surface area contributed by atoms with E-state index in [2.05, 4.69) is 21.2 Å². The monoisotopic (exact) mass is 390 g/mol. The average molecular weight is 391 g/mol. The summed E-state index contributed by atoms with van der Waals surface area (Å²) in [5, 5.41) is 3.11. The number of amides is 1. The quantitative estimate of drug-likeness (QED) is 0.755. The first kappa shape index (κ1) is 18.5. The molecule has 0 saturated carbocycles. The van der Waals surface area contributed by atoms with Gasteiger partial charge in [0.1, 0.15) is 5.75 Å². The molecular formula is C19H23BrN2O2. The molecule has 2 atom stereocenters. The molecular weight excluding hydrogens is 368 g/mol. The first-order valence-corrected chi connectivity index (χ1v) is 8.74. The minimum atomic E-state index is -0.214. The van der Waals surface area contributed by atoms with Crippen LogP contribution in [0.5, 0.6) is 5.75 Å². The first-order chi connectivity index (χ1) is 11.5. The van der Waals surface area contributed by atoms with Crippen LogP contribution < -0.4 is 15.8 Å². The van der Waals surface area contributed by atoms with Gasteiger partial charge in [-0.3, -0.25) is 4.79 Å². The Hall–Kier alpha value is -1.85. The lowest BCUT2D eigenvalue weighted by molar-refractivity contribution is -0.121. The first-order valence-electron chi connectivity index (χ1n) is 7.94. The standard InChI is InChI=1S/C19H23BrN2O2/c1-13(21)8-11-18(23)22-19(14-6-4-3-5-7-14)15-9-10-17(24-2)16(20)12-15/h3-7,9-10,12-13,19H,8,11,21H2,1-2H3,(H,22,23). The molecule has 24 heavy (non-hydrogen) atoms. The number of nitrogens with one attached hydrogen (secondary N) is 1. The van der Waals surface area contributed by atoms with Gasteiger partial charge in [-0.15, -0.1) is 0 Å².